The van der Waals surface area contributed by atoms with Crippen molar-refractivity contribution in [1.29, 1.82) is 0 Å². The van der Waals surface area contributed by atoms with Gasteiger partial charge in [0, 0.05) is 29.8 Å². The molecule has 0 bridgehead atoms. The summed E-state index contributed by atoms with van der Waals surface area (Å²) in [7, 11) is 0. The van der Waals surface area contributed by atoms with E-state index in [9.17, 15) is 4.79 Å². The second kappa shape index (κ2) is 8.70. The first-order valence-electron chi connectivity index (χ1n) is 11.8. The van der Waals surface area contributed by atoms with Gasteiger partial charge in [-0.25, -0.2) is 9.97 Å². The van der Waals surface area contributed by atoms with Crippen molar-refractivity contribution in [2.24, 2.45) is 5.92 Å². The van der Waals surface area contributed by atoms with Gasteiger partial charge in [0.15, 0.2) is 0 Å². The van der Waals surface area contributed by atoms with Gasteiger partial charge in [-0.1, -0.05) is 19.3 Å². The average Bonchev–Trinajstić information content (AvgIpc) is 3.48. The number of aromatic nitrogens is 6. The van der Waals surface area contributed by atoms with E-state index in [0.29, 0.717) is 18.0 Å². The molecule has 6 rings (SSSR count). The molecule has 1 fully saturated rings. The lowest BCUT2D eigenvalue weighted by Crippen LogP contribution is -2.18. The molecule has 1 aliphatic carbocycles. The van der Waals surface area contributed by atoms with Crippen LogP contribution in [0.25, 0.3) is 44.7 Å². The third-order valence-corrected chi connectivity index (χ3v) is 6.57. The smallest absolute Gasteiger partial charge is 0.224 e. The Balaban J connectivity index is 1.27. The van der Waals surface area contributed by atoms with Gasteiger partial charge in [0.1, 0.15) is 16.9 Å². The molecule has 0 saturated heterocycles. The van der Waals surface area contributed by atoms with Gasteiger partial charge in [0.2, 0.25) is 5.91 Å². The van der Waals surface area contributed by atoms with E-state index in [-0.39, 0.29) is 5.91 Å². The molecule has 1 aliphatic rings. The van der Waals surface area contributed by atoms with E-state index in [0.717, 1.165) is 57.6 Å². The molecule has 170 valence electrons. The Morgan fingerprint density at radius 2 is 2.00 bits per heavy atom. The van der Waals surface area contributed by atoms with Crippen molar-refractivity contribution in [3.8, 4) is 22.6 Å². The molecule has 0 aliphatic heterocycles. The molecular formula is C26H25N7O. The predicted octanol–water partition coefficient (Wildman–Crippen LogP) is 5.47. The summed E-state index contributed by atoms with van der Waals surface area (Å²) in [6.07, 6.45) is 11.8. The van der Waals surface area contributed by atoms with Crippen LogP contribution < -0.4 is 5.32 Å². The first-order chi connectivity index (χ1) is 16.7. The predicted molar refractivity (Wildman–Crippen MR) is 132 cm³/mol. The molecule has 1 saturated carbocycles. The molecule has 8 heteroatoms. The van der Waals surface area contributed by atoms with Crippen molar-refractivity contribution in [3.63, 3.8) is 0 Å². The van der Waals surface area contributed by atoms with Crippen LogP contribution in [0, 0.1) is 5.92 Å². The fraction of sp³-hybridized carbons (Fsp3) is 0.269. The van der Waals surface area contributed by atoms with Crippen LogP contribution in [0.1, 0.15) is 38.5 Å². The van der Waals surface area contributed by atoms with Crippen LogP contribution in [0.15, 0.2) is 55.0 Å². The number of amides is 1. The molecule has 0 aromatic carbocycles. The zero-order valence-electron chi connectivity index (χ0n) is 18.7. The Kier molecular flexibility index (Phi) is 5.25. The SMILES string of the molecule is O=C(CC1CCCCC1)Nc1cncc(-c2ccc3[nH]nc(-c4cc5cccnc5[nH]4)c3n2)c1. The molecule has 5 aromatic rings. The van der Waals surface area contributed by atoms with Gasteiger partial charge < -0.3 is 10.3 Å². The molecule has 34 heavy (non-hydrogen) atoms. The number of carbonyl (C=O) groups is 1. The lowest BCUT2D eigenvalue weighted by molar-refractivity contribution is -0.117. The van der Waals surface area contributed by atoms with Crippen molar-refractivity contribution in [2.75, 3.05) is 5.32 Å². The number of pyridine rings is 3. The summed E-state index contributed by atoms with van der Waals surface area (Å²) in [4.78, 5) is 29.5. The summed E-state index contributed by atoms with van der Waals surface area (Å²) in [5.74, 6) is 0.548. The van der Waals surface area contributed by atoms with Crippen LogP contribution >= 0.6 is 0 Å². The second-order valence-electron chi connectivity index (χ2n) is 9.01. The van der Waals surface area contributed by atoms with Gasteiger partial charge in [-0.15, -0.1) is 0 Å². The number of H-pyrrole nitrogens is 2. The minimum absolute atomic E-state index is 0.0544. The standard InChI is InChI=1S/C26H25N7O/c34-23(11-16-5-2-1-3-6-16)29-19-12-18(14-27-15-19)20-8-9-21-24(30-20)25(33-32-21)22-13-17-7-4-10-28-26(17)31-22/h4,7-10,12-16H,1-3,5-6,11H2,(H,28,31)(H,29,34)(H,32,33). The van der Waals surface area contributed by atoms with Crippen LogP contribution in [0.5, 0.6) is 0 Å². The summed E-state index contributed by atoms with van der Waals surface area (Å²) < 4.78 is 0. The van der Waals surface area contributed by atoms with Gasteiger partial charge in [0.25, 0.3) is 0 Å². The third-order valence-electron chi connectivity index (χ3n) is 6.57. The molecule has 0 spiro atoms. The van der Waals surface area contributed by atoms with E-state index in [2.05, 4.69) is 30.5 Å². The Morgan fingerprint density at radius 3 is 2.88 bits per heavy atom. The largest absolute Gasteiger partial charge is 0.338 e. The number of fused-ring (bicyclic) bond motifs is 2. The lowest BCUT2D eigenvalue weighted by Gasteiger charge is -2.20. The number of carbonyl (C=O) groups excluding carboxylic acids is 1. The minimum atomic E-state index is 0.0544. The van der Waals surface area contributed by atoms with Gasteiger partial charge >= 0.3 is 0 Å². The molecule has 3 N–H and O–H groups in total. The third kappa shape index (κ3) is 4.03. The number of nitrogens with zero attached hydrogens (tertiary/aromatic N) is 4. The molecule has 8 nitrogen and oxygen atoms in total. The number of nitrogens with one attached hydrogen (secondary N) is 3. The molecular weight excluding hydrogens is 426 g/mol. The maximum Gasteiger partial charge on any atom is 0.224 e. The van der Waals surface area contributed by atoms with Crippen molar-refractivity contribution in [3.05, 3.63) is 55.0 Å². The van der Waals surface area contributed by atoms with Crippen LogP contribution in [0.2, 0.25) is 0 Å². The van der Waals surface area contributed by atoms with E-state index < -0.39 is 0 Å². The topological polar surface area (TPSA) is 112 Å². The summed E-state index contributed by atoms with van der Waals surface area (Å²) in [6.45, 7) is 0. The normalized spacial score (nSPS) is 14.6. The molecule has 5 heterocycles. The number of aromatic amines is 2. The van der Waals surface area contributed by atoms with Crippen molar-refractivity contribution >= 4 is 33.7 Å². The zero-order chi connectivity index (χ0) is 22.9. The molecule has 1 amide bonds. The summed E-state index contributed by atoms with van der Waals surface area (Å²) in [5.41, 5.74) is 6.29. The molecule has 0 radical (unpaired) electrons. The second-order valence-corrected chi connectivity index (χ2v) is 9.01. The highest BCUT2D eigenvalue weighted by Crippen LogP contribution is 2.30. The van der Waals surface area contributed by atoms with Crippen molar-refractivity contribution in [2.45, 2.75) is 38.5 Å². The van der Waals surface area contributed by atoms with Crippen molar-refractivity contribution in [1.82, 2.24) is 30.1 Å². The highest BCUT2D eigenvalue weighted by Gasteiger charge is 2.18. The fourth-order valence-electron chi connectivity index (χ4n) is 4.85. The van der Waals surface area contributed by atoms with Crippen molar-refractivity contribution < 1.29 is 4.79 Å². The monoisotopic (exact) mass is 451 g/mol. The van der Waals surface area contributed by atoms with Crippen LogP contribution in [0.3, 0.4) is 0 Å². The average molecular weight is 452 g/mol. The van der Waals surface area contributed by atoms with Gasteiger partial charge in [-0.05, 0) is 55.2 Å². The summed E-state index contributed by atoms with van der Waals surface area (Å²) in [5, 5.41) is 11.6. The van der Waals surface area contributed by atoms with Gasteiger partial charge in [-0.2, -0.15) is 5.10 Å². The van der Waals surface area contributed by atoms with E-state index in [1.54, 1.807) is 18.6 Å². The number of hydrogen-bond acceptors (Lipinski definition) is 5. The Bertz CT molecular complexity index is 1450. The Hall–Kier alpha value is -4.07. The first-order valence-corrected chi connectivity index (χ1v) is 11.8. The van der Waals surface area contributed by atoms with Crippen LogP contribution in [0.4, 0.5) is 5.69 Å². The maximum atomic E-state index is 12.6. The van der Waals surface area contributed by atoms with E-state index in [4.69, 9.17) is 4.98 Å². The number of anilines is 1. The van der Waals surface area contributed by atoms with E-state index >= 15 is 0 Å². The highest BCUT2D eigenvalue weighted by atomic mass is 16.1. The Labute approximate surface area is 196 Å². The summed E-state index contributed by atoms with van der Waals surface area (Å²) in [6, 6.07) is 11.8. The first kappa shape index (κ1) is 20.5. The maximum absolute atomic E-state index is 12.6. The number of hydrogen-bond donors (Lipinski definition) is 3. The fourth-order valence-corrected chi connectivity index (χ4v) is 4.85. The number of rotatable bonds is 5. The lowest BCUT2D eigenvalue weighted by atomic mass is 9.87. The summed E-state index contributed by atoms with van der Waals surface area (Å²) >= 11 is 0. The molecule has 5 aromatic heterocycles. The van der Waals surface area contributed by atoms with E-state index in [1.807, 2.05) is 36.4 Å². The van der Waals surface area contributed by atoms with Crippen LogP contribution in [-0.4, -0.2) is 36.0 Å². The van der Waals surface area contributed by atoms with Gasteiger partial charge in [-0.3, -0.25) is 14.9 Å². The minimum Gasteiger partial charge on any atom is -0.338 e. The van der Waals surface area contributed by atoms with Crippen LogP contribution in [-0.2, 0) is 4.79 Å². The molecule has 0 atom stereocenters. The quantitative estimate of drug-likeness (QED) is 0.328. The van der Waals surface area contributed by atoms with E-state index in [1.165, 1.54) is 19.3 Å². The molecule has 0 unspecified atom stereocenters. The van der Waals surface area contributed by atoms with Gasteiger partial charge in [0.05, 0.1) is 28.8 Å². The highest BCUT2D eigenvalue weighted by molar-refractivity contribution is 5.94. The Morgan fingerprint density at radius 1 is 1.09 bits per heavy atom. The zero-order valence-corrected chi connectivity index (χ0v) is 18.7.